The number of carbonyl (C=O) groups excluding carboxylic acids is 1. The number of ether oxygens (including phenoxy) is 1. The van der Waals surface area contributed by atoms with Gasteiger partial charge in [0.15, 0.2) is 0 Å². The van der Waals surface area contributed by atoms with E-state index in [1.165, 1.54) is 6.07 Å². The Bertz CT molecular complexity index is 501. The Morgan fingerprint density at radius 3 is 2.48 bits per heavy atom. The van der Waals surface area contributed by atoms with E-state index >= 15 is 0 Å². The maximum absolute atomic E-state index is 12.7. The molecule has 0 radical (unpaired) electrons. The number of benzene rings is 1. The van der Waals surface area contributed by atoms with Gasteiger partial charge < -0.3 is 15.8 Å². The monoisotopic (exact) mass is 304 g/mol. The van der Waals surface area contributed by atoms with Gasteiger partial charge in [0.05, 0.1) is 11.7 Å². The fourth-order valence-corrected chi connectivity index (χ4v) is 1.48. The van der Waals surface area contributed by atoms with E-state index in [2.05, 4.69) is 5.32 Å². The Kier molecular flexibility index (Phi) is 5.60. The number of nitrogens with one attached hydrogen (secondary N) is 1. The molecule has 1 aromatic rings. The van der Waals surface area contributed by atoms with E-state index in [1.54, 1.807) is 0 Å². The van der Waals surface area contributed by atoms with Crippen molar-refractivity contribution in [3.05, 3.63) is 23.8 Å². The fraction of sp³-hybridized carbons (Fsp3) is 0.500. The number of halogens is 3. The van der Waals surface area contributed by atoms with Gasteiger partial charge in [-0.3, -0.25) is 4.79 Å². The third-order valence-electron chi connectivity index (χ3n) is 3.06. The molecule has 1 amide bonds. The standard InChI is InChI=1S/C14H19F3N2O2/c1-8(2)9(3)21-7-13(20)19-10-4-5-12(18)11(6-10)14(15,16)17/h4-6,8-9H,7,18H2,1-3H3,(H,19,20). The normalized spacial score (nSPS) is 13.3. The molecule has 118 valence electrons. The SMILES string of the molecule is CC(C)C(C)OCC(=O)Nc1ccc(N)c(C(F)(F)F)c1. The van der Waals surface area contributed by atoms with Crippen LogP contribution in [0.3, 0.4) is 0 Å². The zero-order chi connectivity index (χ0) is 16.2. The molecule has 1 unspecified atom stereocenters. The summed E-state index contributed by atoms with van der Waals surface area (Å²) < 4.78 is 43.4. The van der Waals surface area contributed by atoms with Gasteiger partial charge in [-0.1, -0.05) is 13.8 Å². The van der Waals surface area contributed by atoms with Crippen LogP contribution in [0, 0.1) is 5.92 Å². The van der Waals surface area contributed by atoms with Crippen LogP contribution in [-0.2, 0) is 15.7 Å². The number of hydrogen-bond acceptors (Lipinski definition) is 3. The van der Waals surface area contributed by atoms with E-state index in [-0.39, 0.29) is 30.0 Å². The van der Waals surface area contributed by atoms with Crippen molar-refractivity contribution in [3.8, 4) is 0 Å². The lowest BCUT2D eigenvalue weighted by Gasteiger charge is -2.16. The van der Waals surface area contributed by atoms with Crippen LogP contribution in [-0.4, -0.2) is 18.6 Å². The number of carbonyl (C=O) groups is 1. The van der Waals surface area contributed by atoms with Crippen LogP contribution in [0.25, 0.3) is 0 Å². The lowest BCUT2D eigenvalue weighted by atomic mass is 10.1. The summed E-state index contributed by atoms with van der Waals surface area (Å²) >= 11 is 0. The molecular formula is C14H19F3N2O2. The minimum absolute atomic E-state index is 0.0299. The second kappa shape index (κ2) is 6.80. The first-order valence-corrected chi connectivity index (χ1v) is 6.49. The molecule has 3 N–H and O–H groups in total. The van der Waals surface area contributed by atoms with Crippen molar-refractivity contribution in [2.75, 3.05) is 17.7 Å². The van der Waals surface area contributed by atoms with Crippen molar-refractivity contribution < 1.29 is 22.7 Å². The molecule has 0 aliphatic carbocycles. The van der Waals surface area contributed by atoms with Crippen LogP contribution in [0.2, 0.25) is 0 Å². The minimum Gasteiger partial charge on any atom is -0.398 e. The first-order chi connectivity index (χ1) is 9.61. The fourth-order valence-electron chi connectivity index (χ4n) is 1.48. The van der Waals surface area contributed by atoms with Gasteiger partial charge in [-0.25, -0.2) is 0 Å². The number of rotatable bonds is 5. The average molecular weight is 304 g/mol. The summed E-state index contributed by atoms with van der Waals surface area (Å²) in [5.41, 5.74) is 3.95. The largest absolute Gasteiger partial charge is 0.418 e. The molecule has 4 nitrogen and oxygen atoms in total. The predicted octanol–water partition coefficient (Wildman–Crippen LogP) is 3.29. The van der Waals surface area contributed by atoms with Crippen LogP contribution >= 0.6 is 0 Å². The van der Waals surface area contributed by atoms with Crippen LogP contribution in [0.4, 0.5) is 24.5 Å². The Hall–Kier alpha value is -1.76. The van der Waals surface area contributed by atoms with Crippen molar-refractivity contribution in [3.63, 3.8) is 0 Å². The molecule has 0 aliphatic heterocycles. The quantitative estimate of drug-likeness (QED) is 0.820. The van der Waals surface area contributed by atoms with Crippen LogP contribution in [0.15, 0.2) is 18.2 Å². The molecule has 0 bridgehead atoms. The van der Waals surface area contributed by atoms with Gasteiger partial charge in [-0.05, 0) is 31.0 Å². The Morgan fingerprint density at radius 1 is 1.33 bits per heavy atom. The van der Waals surface area contributed by atoms with E-state index < -0.39 is 17.6 Å². The van der Waals surface area contributed by atoms with E-state index in [4.69, 9.17) is 10.5 Å². The zero-order valence-electron chi connectivity index (χ0n) is 12.1. The summed E-state index contributed by atoms with van der Waals surface area (Å²) in [7, 11) is 0. The molecule has 0 aromatic heterocycles. The van der Waals surface area contributed by atoms with Crippen LogP contribution in [0.5, 0.6) is 0 Å². The molecule has 0 aliphatic rings. The first kappa shape index (κ1) is 17.3. The molecule has 1 rings (SSSR count). The highest BCUT2D eigenvalue weighted by Crippen LogP contribution is 2.35. The minimum atomic E-state index is -4.56. The van der Waals surface area contributed by atoms with Crippen molar-refractivity contribution in [1.29, 1.82) is 0 Å². The Labute approximate surface area is 121 Å². The molecule has 21 heavy (non-hydrogen) atoms. The highest BCUT2D eigenvalue weighted by molar-refractivity contribution is 5.92. The molecule has 0 heterocycles. The highest BCUT2D eigenvalue weighted by Gasteiger charge is 2.33. The zero-order valence-corrected chi connectivity index (χ0v) is 12.1. The van der Waals surface area contributed by atoms with Crippen molar-refractivity contribution in [1.82, 2.24) is 0 Å². The molecule has 0 saturated carbocycles. The summed E-state index contributed by atoms with van der Waals surface area (Å²) in [5.74, 6) is -0.272. The summed E-state index contributed by atoms with van der Waals surface area (Å²) in [5, 5.41) is 2.36. The lowest BCUT2D eigenvalue weighted by Crippen LogP contribution is -2.24. The van der Waals surface area contributed by atoms with Crippen LogP contribution < -0.4 is 11.1 Å². The van der Waals surface area contributed by atoms with Crippen molar-refractivity contribution >= 4 is 17.3 Å². The number of hydrogen-bond donors (Lipinski definition) is 2. The molecule has 0 spiro atoms. The smallest absolute Gasteiger partial charge is 0.398 e. The van der Waals surface area contributed by atoms with E-state index in [0.29, 0.717) is 0 Å². The Morgan fingerprint density at radius 2 is 1.95 bits per heavy atom. The maximum Gasteiger partial charge on any atom is 0.418 e. The molecule has 1 atom stereocenters. The third kappa shape index (κ3) is 5.26. The van der Waals surface area contributed by atoms with Crippen molar-refractivity contribution in [2.24, 2.45) is 5.92 Å². The molecule has 1 aromatic carbocycles. The second-order valence-electron chi connectivity index (χ2n) is 5.11. The van der Waals surface area contributed by atoms with Gasteiger partial charge in [-0.2, -0.15) is 13.2 Å². The Balaban J connectivity index is 2.69. The van der Waals surface area contributed by atoms with E-state index in [9.17, 15) is 18.0 Å². The summed E-state index contributed by atoms with van der Waals surface area (Å²) in [6.45, 7) is 5.49. The van der Waals surface area contributed by atoms with Gasteiger partial charge in [0.25, 0.3) is 0 Å². The van der Waals surface area contributed by atoms with Gasteiger partial charge in [0.1, 0.15) is 6.61 Å². The maximum atomic E-state index is 12.7. The summed E-state index contributed by atoms with van der Waals surface area (Å²) in [6, 6.07) is 3.23. The predicted molar refractivity (Wildman–Crippen MR) is 74.7 cm³/mol. The lowest BCUT2D eigenvalue weighted by molar-refractivity contribution is -0.137. The first-order valence-electron chi connectivity index (χ1n) is 6.49. The van der Waals surface area contributed by atoms with Gasteiger partial charge >= 0.3 is 6.18 Å². The van der Waals surface area contributed by atoms with Crippen LogP contribution in [0.1, 0.15) is 26.3 Å². The van der Waals surface area contributed by atoms with Gasteiger partial charge in [-0.15, -0.1) is 0 Å². The van der Waals surface area contributed by atoms with Gasteiger partial charge in [0, 0.05) is 11.4 Å². The highest BCUT2D eigenvalue weighted by atomic mass is 19.4. The van der Waals surface area contributed by atoms with E-state index in [0.717, 1.165) is 12.1 Å². The molecule has 0 fully saturated rings. The number of nitrogen functional groups attached to an aromatic ring is 1. The number of nitrogens with two attached hydrogens (primary N) is 1. The van der Waals surface area contributed by atoms with E-state index in [1.807, 2.05) is 20.8 Å². The molecular weight excluding hydrogens is 285 g/mol. The van der Waals surface area contributed by atoms with Gasteiger partial charge in [0.2, 0.25) is 5.91 Å². The molecule has 7 heteroatoms. The number of amides is 1. The topological polar surface area (TPSA) is 64.3 Å². The third-order valence-corrected chi connectivity index (χ3v) is 3.06. The number of anilines is 2. The second-order valence-corrected chi connectivity index (χ2v) is 5.11. The summed E-state index contributed by atoms with van der Waals surface area (Å²) in [6.07, 6.45) is -4.68. The van der Waals surface area contributed by atoms with Crippen molar-refractivity contribution in [2.45, 2.75) is 33.1 Å². The average Bonchev–Trinajstić information content (AvgIpc) is 2.36. The number of alkyl halides is 3. The molecule has 0 saturated heterocycles. The summed E-state index contributed by atoms with van der Waals surface area (Å²) in [4.78, 5) is 11.6.